The first-order chi connectivity index (χ1) is 12.7. The molecule has 0 heterocycles. The maximum atomic E-state index is 12.3. The summed E-state index contributed by atoms with van der Waals surface area (Å²) in [5.74, 6) is 1.21. The highest BCUT2D eigenvalue weighted by Crippen LogP contribution is 2.26. The van der Waals surface area contributed by atoms with Crippen molar-refractivity contribution < 1.29 is 9.53 Å². The van der Waals surface area contributed by atoms with Gasteiger partial charge >= 0.3 is 0 Å². The maximum absolute atomic E-state index is 12.3. The van der Waals surface area contributed by atoms with Crippen LogP contribution in [0.2, 0.25) is 0 Å². The van der Waals surface area contributed by atoms with E-state index in [1.54, 1.807) is 4.90 Å². The normalized spacial score (nSPS) is 10.4. The van der Waals surface area contributed by atoms with Crippen LogP contribution in [0.1, 0.15) is 5.56 Å². The highest BCUT2D eigenvalue weighted by molar-refractivity contribution is 7.80. The van der Waals surface area contributed by atoms with Gasteiger partial charge in [-0.05, 0) is 54.1 Å². The second kappa shape index (κ2) is 8.79. The SMILES string of the molecule is O=C(CCl)N(Cc1ccccc1)c1ccc(Oc2ccc(S)cc2)cc1. The van der Waals surface area contributed by atoms with Crippen LogP contribution >= 0.6 is 24.2 Å². The van der Waals surface area contributed by atoms with Crippen LogP contribution in [0.15, 0.2) is 83.8 Å². The van der Waals surface area contributed by atoms with Gasteiger partial charge in [-0.15, -0.1) is 24.2 Å². The molecule has 5 heteroatoms. The fraction of sp³-hybridized carbons (Fsp3) is 0.0952. The molecule has 1 amide bonds. The van der Waals surface area contributed by atoms with Crippen molar-refractivity contribution in [1.29, 1.82) is 0 Å². The lowest BCUT2D eigenvalue weighted by Crippen LogP contribution is -2.31. The van der Waals surface area contributed by atoms with E-state index in [2.05, 4.69) is 12.6 Å². The van der Waals surface area contributed by atoms with Gasteiger partial charge in [-0.1, -0.05) is 30.3 Å². The second-order valence-electron chi connectivity index (χ2n) is 5.69. The molecule has 0 spiro atoms. The lowest BCUT2D eigenvalue weighted by Gasteiger charge is -2.22. The Hall–Kier alpha value is -2.43. The zero-order chi connectivity index (χ0) is 18.4. The number of alkyl halides is 1. The third-order valence-electron chi connectivity index (χ3n) is 3.82. The largest absolute Gasteiger partial charge is 0.457 e. The third kappa shape index (κ3) is 4.81. The molecule has 3 aromatic rings. The highest BCUT2D eigenvalue weighted by atomic mass is 35.5. The first kappa shape index (κ1) is 18.4. The van der Waals surface area contributed by atoms with Crippen LogP contribution in [0.25, 0.3) is 0 Å². The third-order valence-corrected chi connectivity index (χ3v) is 4.35. The van der Waals surface area contributed by atoms with Crippen LogP contribution in [0.4, 0.5) is 5.69 Å². The zero-order valence-electron chi connectivity index (χ0n) is 14.0. The van der Waals surface area contributed by atoms with E-state index in [1.165, 1.54) is 0 Å². The van der Waals surface area contributed by atoms with Gasteiger partial charge in [0.05, 0.1) is 6.54 Å². The molecule has 0 saturated heterocycles. The molecule has 0 aromatic heterocycles. The Labute approximate surface area is 163 Å². The molecule has 0 fully saturated rings. The Morgan fingerprint density at radius 3 is 2.04 bits per heavy atom. The molecule has 3 nitrogen and oxygen atoms in total. The maximum Gasteiger partial charge on any atom is 0.242 e. The number of halogens is 1. The van der Waals surface area contributed by atoms with Gasteiger partial charge in [0.25, 0.3) is 0 Å². The summed E-state index contributed by atoms with van der Waals surface area (Å²) in [6, 6.07) is 24.7. The molecule has 0 aliphatic heterocycles. The molecule has 0 radical (unpaired) electrons. The molecule has 0 atom stereocenters. The lowest BCUT2D eigenvalue weighted by molar-refractivity contribution is -0.116. The summed E-state index contributed by atoms with van der Waals surface area (Å²) >= 11 is 10.1. The van der Waals surface area contributed by atoms with Crippen molar-refractivity contribution in [1.82, 2.24) is 0 Å². The van der Waals surface area contributed by atoms with Crippen molar-refractivity contribution in [3.63, 3.8) is 0 Å². The molecule has 132 valence electrons. The average molecular weight is 384 g/mol. The standard InChI is InChI=1S/C21H18ClNO2S/c22-14-21(24)23(15-16-4-2-1-3-5-16)17-6-8-18(9-7-17)25-19-10-12-20(26)13-11-19/h1-13,26H,14-15H2. The Morgan fingerprint density at radius 2 is 1.46 bits per heavy atom. The van der Waals surface area contributed by atoms with E-state index in [-0.39, 0.29) is 11.8 Å². The van der Waals surface area contributed by atoms with Crippen LogP contribution in [0.3, 0.4) is 0 Å². The van der Waals surface area contributed by atoms with E-state index in [0.29, 0.717) is 12.3 Å². The van der Waals surface area contributed by atoms with Gasteiger partial charge in [-0.3, -0.25) is 4.79 Å². The van der Waals surface area contributed by atoms with Gasteiger partial charge in [0.2, 0.25) is 5.91 Å². The number of carbonyl (C=O) groups is 1. The predicted octanol–water partition coefficient (Wildman–Crippen LogP) is 5.54. The summed E-state index contributed by atoms with van der Waals surface area (Å²) in [5, 5.41) is 0. The molecule has 0 bridgehead atoms. The van der Waals surface area contributed by atoms with Crippen molar-refractivity contribution in [2.24, 2.45) is 0 Å². The van der Waals surface area contributed by atoms with Crippen molar-refractivity contribution in [2.75, 3.05) is 10.8 Å². The Bertz CT molecular complexity index is 851. The summed E-state index contributed by atoms with van der Waals surface area (Å²) in [4.78, 5) is 14.8. The van der Waals surface area contributed by atoms with E-state index >= 15 is 0 Å². The summed E-state index contributed by atoms with van der Waals surface area (Å²) < 4.78 is 5.81. The van der Waals surface area contributed by atoms with Gasteiger partial charge in [-0.2, -0.15) is 0 Å². The van der Waals surface area contributed by atoms with Crippen LogP contribution in [0, 0.1) is 0 Å². The predicted molar refractivity (Wildman–Crippen MR) is 109 cm³/mol. The molecule has 0 unspecified atom stereocenters. The highest BCUT2D eigenvalue weighted by Gasteiger charge is 2.15. The van der Waals surface area contributed by atoms with Gasteiger partial charge in [0.15, 0.2) is 0 Å². The van der Waals surface area contributed by atoms with Gasteiger partial charge < -0.3 is 9.64 Å². The minimum Gasteiger partial charge on any atom is -0.457 e. The van der Waals surface area contributed by atoms with Gasteiger partial charge in [0, 0.05) is 10.6 Å². The van der Waals surface area contributed by atoms with Crippen molar-refractivity contribution in [2.45, 2.75) is 11.4 Å². The van der Waals surface area contributed by atoms with E-state index < -0.39 is 0 Å². The molecule has 26 heavy (non-hydrogen) atoms. The molecule has 0 aliphatic rings. The second-order valence-corrected chi connectivity index (χ2v) is 6.47. The zero-order valence-corrected chi connectivity index (χ0v) is 15.7. The summed E-state index contributed by atoms with van der Waals surface area (Å²) in [7, 11) is 0. The fourth-order valence-electron chi connectivity index (χ4n) is 2.51. The molecular formula is C21H18ClNO2S. The van der Waals surface area contributed by atoms with Gasteiger partial charge in [-0.25, -0.2) is 0 Å². The summed E-state index contributed by atoms with van der Waals surface area (Å²) in [5.41, 5.74) is 1.82. The van der Waals surface area contributed by atoms with Crippen LogP contribution in [0.5, 0.6) is 11.5 Å². The van der Waals surface area contributed by atoms with E-state index in [9.17, 15) is 4.79 Å². The number of nitrogens with zero attached hydrogens (tertiary/aromatic N) is 1. The fourth-order valence-corrected chi connectivity index (χ4v) is 2.80. The number of hydrogen-bond acceptors (Lipinski definition) is 3. The number of amides is 1. The number of anilines is 1. The topological polar surface area (TPSA) is 29.5 Å². The van der Waals surface area contributed by atoms with Crippen LogP contribution < -0.4 is 9.64 Å². The van der Waals surface area contributed by atoms with Crippen LogP contribution in [-0.4, -0.2) is 11.8 Å². The quantitative estimate of drug-likeness (QED) is 0.447. The summed E-state index contributed by atoms with van der Waals surface area (Å²) in [6.07, 6.45) is 0. The number of benzene rings is 3. The molecular weight excluding hydrogens is 366 g/mol. The molecule has 0 N–H and O–H groups in total. The number of carbonyl (C=O) groups excluding carboxylic acids is 1. The summed E-state index contributed by atoms with van der Waals surface area (Å²) in [6.45, 7) is 0.468. The number of thiol groups is 1. The van der Waals surface area contributed by atoms with Crippen molar-refractivity contribution >= 4 is 35.8 Å². The molecule has 3 aromatic carbocycles. The van der Waals surface area contributed by atoms with Crippen LogP contribution in [-0.2, 0) is 11.3 Å². The van der Waals surface area contributed by atoms with E-state index in [1.807, 2.05) is 78.9 Å². The smallest absolute Gasteiger partial charge is 0.242 e. The van der Waals surface area contributed by atoms with E-state index in [0.717, 1.165) is 21.9 Å². The monoisotopic (exact) mass is 383 g/mol. The first-order valence-electron chi connectivity index (χ1n) is 8.13. The van der Waals surface area contributed by atoms with Gasteiger partial charge in [0.1, 0.15) is 17.4 Å². The number of hydrogen-bond donors (Lipinski definition) is 1. The van der Waals surface area contributed by atoms with E-state index in [4.69, 9.17) is 16.3 Å². The Kier molecular flexibility index (Phi) is 6.21. The number of rotatable bonds is 6. The Balaban J connectivity index is 1.77. The Morgan fingerprint density at radius 1 is 0.885 bits per heavy atom. The minimum absolute atomic E-state index is 0.0683. The van der Waals surface area contributed by atoms with Crippen molar-refractivity contribution in [3.8, 4) is 11.5 Å². The molecule has 3 rings (SSSR count). The first-order valence-corrected chi connectivity index (χ1v) is 9.11. The number of ether oxygens (including phenoxy) is 1. The lowest BCUT2D eigenvalue weighted by atomic mass is 10.2. The van der Waals surface area contributed by atoms with Crippen molar-refractivity contribution in [3.05, 3.63) is 84.4 Å². The average Bonchev–Trinajstić information content (AvgIpc) is 2.69. The molecule has 0 aliphatic carbocycles. The minimum atomic E-state index is -0.145. The molecule has 0 saturated carbocycles.